The molecule has 2 aromatic heterocycles. The average molecular weight is 245 g/mol. The highest BCUT2D eigenvalue weighted by molar-refractivity contribution is 6.61. The van der Waals surface area contributed by atoms with Gasteiger partial charge in [0.25, 0.3) is 0 Å². The molecule has 94 valence electrons. The molecule has 3 rings (SSSR count). The molecule has 3 heterocycles. The first kappa shape index (κ1) is 11.7. The van der Waals surface area contributed by atoms with Gasteiger partial charge in [-0.1, -0.05) is 0 Å². The Kier molecular flexibility index (Phi) is 2.31. The van der Waals surface area contributed by atoms with Gasteiger partial charge in [-0.05, 0) is 27.7 Å². The van der Waals surface area contributed by atoms with Crippen LogP contribution in [0.3, 0.4) is 0 Å². The fraction of sp³-hybridized carbons (Fsp3) is 0.500. The predicted molar refractivity (Wildman–Crippen MR) is 68.7 cm³/mol. The van der Waals surface area contributed by atoms with E-state index in [1.807, 2.05) is 38.3 Å². The van der Waals surface area contributed by atoms with Gasteiger partial charge >= 0.3 is 7.12 Å². The molecule has 0 aromatic carbocycles. The van der Waals surface area contributed by atoms with Crippen molar-refractivity contribution in [3.05, 3.63) is 24.8 Å². The molecule has 2 aromatic rings. The number of aromatic nitrogens is 3. The summed E-state index contributed by atoms with van der Waals surface area (Å²) < 4.78 is 14.0. The fourth-order valence-corrected chi connectivity index (χ4v) is 2.01. The van der Waals surface area contributed by atoms with Crippen molar-refractivity contribution in [2.75, 3.05) is 0 Å². The first-order chi connectivity index (χ1) is 8.41. The maximum atomic E-state index is 6.02. The lowest BCUT2D eigenvalue weighted by molar-refractivity contribution is 0.00578. The highest BCUT2D eigenvalue weighted by Gasteiger charge is 2.52. The van der Waals surface area contributed by atoms with Gasteiger partial charge in [-0.25, -0.2) is 4.98 Å². The molecule has 1 saturated heterocycles. The van der Waals surface area contributed by atoms with Crippen LogP contribution in [0.2, 0.25) is 0 Å². The van der Waals surface area contributed by atoms with Crippen molar-refractivity contribution in [2.24, 2.45) is 0 Å². The second-order valence-electron chi connectivity index (χ2n) is 5.58. The van der Waals surface area contributed by atoms with Gasteiger partial charge in [-0.2, -0.15) is 0 Å². The Labute approximate surface area is 106 Å². The number of rotatable bonds is 1. The number of hydrogen-bond acceptors (Lipinski definition) is 4. The highest BCUT2D eigenvalue weighted by atomic mass is 16.7. The Bertz CT molecular complexity index is 578. The Balaban J connectivity index is 2.05. The molecule has 1 aliphatic heterocycles. The maximum absolute atomic E-state index is 6.02. The van der Waals surface area contributed by atoms with Crippen LogP contribution in [0.1, 0.15) is 27.7 Å². The molecule has 0 atom stereocenters. The lowest BCUT2D eigenvalue weighted by atomic mass is 9.85. The Hall–Kier alpha value is -1.40. The Morgan fingerprint density at radius 3 is 2.44 bits per heavy atom. The normalized spacial score (nSPS) is 21.7. The molecule has 5 nitrogen and oxygen atoms in total. The van der Waals surface area contributed by atoms with Crippen molar-refractivity contribution in [1.82, 2.24) is 14.4 Å². The number of nitrogens with zero attached hydrogens (tertiary/aromatic N) is 3. The third-order valence-corrected chi connectivity index (χ3v) is 3.84. The zero-order valence-corrected chi connectivity index (χ0v) is 11.0. The molecule has 0 N–H and O–H groups in total. The van der Waals surface area contributed by atoms with Crippen LogP contribution in [0.4, 0.5) is 0 Å². The molecule has 0 unspecified atom stereocenters. The van der Waals surface area contributed by atoms with Crippen LogP contribution in [0, 0.1) is 0 Å². The molecule has 0 radical (unpaired) electrons. The average Bonchev–Trinajstić information content (AvgIpc) is 2.81. The molecule has 0 amide bonds. The van der Waals surface area contributed by atoms with Crippen LogP contribution in [-0.4, -0.2) is 32.7 Å². The fourth-order valence-electron chi connectivity index (χ4n) is 2.01. The van der Waals surface area contributed by atoms with Crippen molar-refractivity contribution < 1.29 is 9.31 Å². The molecule has 6 heteroatoms. The topological polar surface area (TPSA) is 48.7 Å². The molecule has 0 aliphatic carbocycles. The summed E-state index contributed by atoms with van der Waals surface area (Å²) in [6.07, 6.45) is 7.11. The molecule has 1 fully saturated rings. The van der Waals surface area contributed by atoms with E-state index in [4.69, 9.17) is 9.31 Å². The minimum absolute atomic E-state index is 0.347. The van der Waals surface area contributed by atoms with Crippen LogP contribution in [0.25, 0.3) is 5.65 Å². The zero-order chi connectivity index (χ0) is 13.0. The van der Waals surface area contributed by atoms with Gasteiger partial charge in [0.2, 0.25) is 0 Å². The van der Waals surface area contributed by atoms with Crippen molar-refractivity contribution in [3.63, 3.8) is 0 Å². The quantitative estimate of drug-likeness (QED) is 0.704. The van der Waals surface area contributed by atoms with Crippen LogP contribution < -0.4 is 5.59 Å². The molecule has 0 bridgehead atoms. The predicted octanol–water partition coefficient (Wildman–Crippen LogP) is 1.03. The second kappa shape index (κ2) is 3.55. The third kappa shape index (κ3) is 1.56. The van der Waals surface area contributed by atoms with E-state index in [1.165, 1.54) is 0 Å². The smallest absolute Gasteiger partial charge is 0.398 e. The van der Waals surface area contributed by atoms with Crippen molar-refractivity contribution in [1.29, 1.82) is 0 Å². The van der Waals surface area contributed by atoms with Gasteiger partial charge in [0.15, 0.2) is 5.65 Å². The molecule has 1 aliphatic rings. The largest absolute Gasteiger partial charge is 0.514 e. The van der Waals surface area contributed by atoms with Gasteiger partial charge in [-0.3, -0.25) is 4.98 Å². The summed E-state index contributed by atoms with van der Waals surface area (Å²) in [7, 11) is -0.416. The highest BCUT2D eigenvalue weighted by Crippen LogP contribution is 2.36. The summed E-state index contributed by atoms with van der Waals surface area (Å²) in [6, 6.07) is 0. The first-order valence-electron chi connectivity index (χ1n) is 6.03. The van der Waals surface area contributed by atoms with Gasteiger partial charge < -0.3 is 13.7 Å². The summed E-state index contributed by atoms with van der Waals surface area (Å²) in [6.45, 7) is 8.14. The Morgan fingerprint density at radius 1 is 1.11 bits per heavy atom. The van der Waals surface area contributed by atoms with E-state index in [2.05, 4.69) is 9.97 Å². The summed E-state index contributed by atoms with van der Waals surface area (Å²) in [5.74, 6) is 0. The number of imidazole rings is 1. The van der Waals surface area contributed by atoms with Crippen LogP contribution in [-0.2, 0) is 9.31 Å². The van der Waals surface area contributed by atoms with E-state index >= 15 is 0 Å². The van der Waals surface area contributed by atoms with E-state index < -0.39 is 7.12 Å². The summed E-state index contributed by atoms with van der Waals surface area (Å²) in [4.78, 5) is 8.39. The van der Waals surface area contributed by atoms with Crippen molar-refractivity contribution in [2.45, 2.75) is 38.9 Å². The summed E-state index contributed by atoms with van der Waals surface area (Å²) in [5, 5.41) is 0. The van der Waals surface area contributed by atoms with Crippen LogP contribution >= 0.6 is 0 Å². The lowest BCUT2D eigenvalue weighted by Crippen LogP contribution is -2.41. The minimum Gasteiger partial charge on any atom is -0.398 e. The standard InChI is InChI=1S/C12H16BN3O2/c1-11(2)12(3,4)18-13(17-11)9-7-14-8-10-15-5-6-16(9)10/h5-8H,1-4H3. The van der Waals surface area contributed by atoms with Crippen LogP contribution in [0.5, 0.6) is 0 Å². The lowest BCUT2D eigenvalue weighted by Gasteiger charge is -2.32. The van der Waals surface area contributed by atoms with E-state index in [-0.39, 0.29) is 11.2 Å². The monoisotopic (exact) mass is 245 g/mol. The van der Waals surface area contributed by atoms with Crippen molar-refractivity contribution >= 4 is 18.4 Å². The van der Waals surface area contributed by atoms with Gasteiger partial charge in [0.05, 0.1) is 23.0 Å². The van der Waals surface area contributed by atoms with Crippen molar-refractivity contribution in [3.8, 4) is 0 Å². The molecule has 0 spiro atoms. The molecule has 0 saturated carbocycles. The van der Waals surface area contributed by atoms with Crippen LogP contribution in [0.15, 0.2) is 24.8 Å². The van der Waals surface area contributed by atoms with Gasteiger partial charge in [-0.15, -0.1) is 0 Å². The van der Waals surface area contributed by atoms with E-state index in [0.717, 1.165) is 11.2 Å². The molecular formula is C12H16BN3O2. The Morgan fingerprint density at radius 2 is 1.78 bits per heavy atom. The molecular weight excluding hydrogens is 229 g/mol. The van der Waals surface area contributed by atoms with E-state index in [0.29, 0.717) is 0 Å². The van der Waals surface area contributed by atoms with E-state index in [1.54, 1.807) is 18.6 Å². The number of fused-ring (bicyclic) bond motifs is 1. The zero-order valence-electron chi connectivity index (χ0n) is 11.0. The maximum Gasteiger partial charge on any atom is 0.514 e. The van der Waals surface area contributed by atoms with Gasteiger partial charge in [0.1, 0.15) is 0 Å². The number of hydrogen-bond donors (Lipinski definition) is 0. The first-order valence-corrected chi connectivity index (χ1v) is 6.03. The summed E-state index contributed by atoms with van der Waals surface area (Å²) in [5.41, 5.74) is 0.965. The molecule has 18 heavy (non-hydrogen) atoms. The summed E-state index contributed by atoms with van der Waals surface area (Å²) >= 11 is 0. The third-order valence-electron chi connectivity index (χ3n) is 3.84. The second-order valence-corrected chi connectivity index (χ2v) is 5.58. The van der Waals surface area contributed by atoms with Gasteiger partial charge in [0, 0.05) is 18.6 Å². The van der Waals surface area contributed by atoms with E-state index in [9.17, 15) is 0 Å². The SMILES string of the molecule is CC1(C)OB(c2cncc3nccn23)OC1(C)C. The minimum atomic E-state index is -0.416.